The zero-order valence-electron chi connectivity index (χ0n) is 17.1. The van der Waals surface area contributed by atoms with Gasteiger partial charge in [-0.3, -0.25) is 19.5 Å². The van der Waals surface area contributed by atoms with E-state index in [2.05, 4.69) is 20.5 Å². The molecular weight excluding hydrogens is 330 g/mol. The summed E-state index contributed by atoms with van der Waals surface area (Å²) in [5, 5.41) is 5.93. The number of nitrogens with two attached hydrogens (primary N) is 1. The number of aliphatic imine (C=N–C) groups is 1. The Kier molecular flexibility index (Phi) is 14.6. The van der Waals surface area contributed by atoms with Crippen molar-refractivity contribution in [1.29, 1.82) is 0 Å². The van der Waals surface area contributed by atoms with Crippen molar-refractivity contribution < 1.29 is 9.59 Å². The third kappa shape index (κ3) is 14.7. The van der Waals surface area contributed by atoms with Gasteiger partial charge >= 0.3 is 0 Å². The van der Waals surface area contributed by atoms with Crippen LogP contribution in [0.3, 0.4) is 0 Å². The second-order valence-electron chi connectivity index (χ2n) is 6.92. The molecule has 0 saturated carbocycles. The van der Waals surface area contributed by atoms with Crippen molar-refractivity contribution in [2.24, 2.45) is 10.7 Å². The molecule has 0 unspecified atom stereocenters. The Morgan fingerprint density at radius 1 is 0.962 bits per heavy atom. The molecule has 0 aliphatic rings. The van der Waals surface area contributed by atoms with Crippen molar-refractivity contribution in [2.75, 3.05) is 33.2 Å². The molecule has 0 heterocycles. The van der Waals surface area contributed by atoms with Crippen LogP contribution in [0.15, 0.2) is 4.99 Å². The molecule has 0 aliphatic carbocycles. The normalized spacial score (nSPS) is 12.9. The van der Waals surface area contributed by atoms with Gasteiger partial charge < -0.3 is 16.4 Å². The van der Waals surface area contributed by atoms with E-state index in [0.717, 1.165) is 71.1 Å². The number of carbonyl (C=O) groups excluding carboxylic acids is 2. The van der Waals surface area contributed by atoms with Crippen LogP contribution in [0.4, 0.5) is 0 Å². The van der Waals surface area contributed by atoms with Gasteiger partial charge in [0.25, 0.3) is 0 Å². The molecule has 26 heavy (non-hydrogen) atoms. The van der Waals surface area contributed by atoms with Crippen LogP contribution in [0.2, 0.25) is 0 Å². The van der Waals surface area contributed by atoms with Gasteiger partial charge in [-0.25, -0.2) is 0 Å². The smallest absolute Gasteiger partial charge is 0.216 e. The van der Waals surface area contributed by atoms with Gasteiger partial charge in [-0.1, -0.05) is 12.8 Å². The number of hydrogen-bond donors (Lipinski definition) is 3. The van der Waals surface area contributed by atoms with E-state index in [1.807, 2.05) is 14.0 Å². The number of likely N-dealkylation sites (N-methyl/N-ethyl adjacent to an activating group) is 1. The van der Waals surface area contributed by atoms with E-state index < -0.39 is 0 Å². The van der Waals surface area contributed by atoms with E-state index in [4.69, 9.17) is 5.73 Å². The summed E-state index contributed by atoms with van der Waals surface area (Å²) >= 11 is 0. The summed E-state index contributed by atoms with van der Waals surface area (Å²) in [5.74, 6) is 0.759. The SMILES string of the molecule is CC(=O)NCCCCCN=C(N)NCCCCCCN(C)[C@H](C)C(C)=O. The molecule has 0 aromatic heterocycles. The number of hydrogen-bond acceptors (Lipinski definition) is 4. The fraction of sp³-hybridized carbons (Fsp3) is 0.842. The first-order chi connectivity index (χ1) is 12.3. The maximum atomic E-state index is 11.3. The van der Waals surface area contributed by atoms with Crippen LogP contribution in [0, 0.1) is 0 Å². The summed E-state index contributed by atoms with van der Waals surface area (Å²) in [6, 6.07) is 0.0121. The molecule has 0 spiro atoms. The van der Waals surface area contributed by atoms with E-state index in [1.54, 1.807) is 6.92 Å². The number of amides is 1. The number of ketones is 1. The molecule has 1 atom stereocenters. The lowest BCUT2D eigenvalue weighted by Crippen LogP contribution is -2.35. The highest BCUT2D eigenvalue weighted by atomic mass is 16.1. The highest BCUT2D eigenvalue weighted by Gasteiger charge is 2.12. The summed E-state index contributed by atoms with van der Waals surface area (Å²) in [4.78, 5) is 28.4. The van der Waals surface area contributed by atoms with Crippen molar-refractivity contribution in [3.63, 3.8) is 0 Å². The molecule has 0 fully saturated rings. The first kappa shape index (κ1) is 24.4. The number of carbonyl (C=O) groups is 2. The van der Waals surface area contributed by atoms with Crippen molar-refractivity contribution >= 4 is 17.6 Å². The van der Waals surface area contributed by atoms with E-state index in [1.165, 1.54) is 6.92 Å². The molecule has 152 valence electrons. The summed E-state index contributed by atoms with van der Waals surface area (Å²) in [6.07, 6.45) is 7.47. The van der Waals surface area contributed by atoms with Gasteiger partial charge in [-0.2, -0.15) is 0 Å². The largest absolute Gasteiger partial charge is 0.370 e. The summed E-state index contributed by atoms with van der Waals surface area (Å²) in [5.41, 5.74) is 5.84. The Morgan fingerprint density at radius 2 is 1.54 bits per heavy atom. The third-order valence-electron chi connectivity index (χ3n) is 4.48. The highest BCUT2D eigenvalue weighted by Crippen LogP contribution is 2.03. The van der Waals surface area contributed by atoms with Crippen LogP contribution in [0.25, 0.3) is 0 Å². The maximum Gasteiger partial charge on any atom is 0.216 e. The number of rotatable bonds is 15. The van der Waals surface area contributed by atoms with Gasteiger partial charge in [0, 0.05) is 26.6 Å². The monoisotopic (exact) mass is 369 g/mol. The Balaban J connectivity index is 3.49. The second-order valence-corrected chi connectivity index (χ2v) is 6.92. The van der Waals surface area contributed by atoms with E-state index in [0.29, 0.717) is 5.96 Å². The Hall–Kier alpha value is -1.63. The van der Waals surface area contributed by atoms with E-state index >= 15 is 0 Å². The van der Waals surface area contributed by atoms with E-state index in [-0.39, 0.29) is 17.7 Å². The number of nitrogens with zero attached hydrogens (tertiary/aromatic N) is 2. The van der Waals surface area contributed by atoms with Crippen molar-refractivity contribution in [3.05, 3.63) is 0 Å². The molecule has 0 saturated heterocycles. The Morgan fingerprint density at radius 3 is 2.15 bits per heavy atom. The third-order valence-corrected chi connectivity index (χ3v) is 4.48. The van der Waals surface area contributed by atoms with Crippen LogP contribution in [0.5, 0.6) is 0 Å². The molecule has 4 N–H and O–H groups in total. The number of nitrogens with one attached hydrogen (secondary N) is 2. The average Bonchev–Trinajstić information content (AvgIpc) is 2.58. The molecule has 7 nitrogen and oxygen atoms in total. The Bertz CT molecular complexity index is 426. The molecular formula is C19H39N5O2. The zero-order chi connectivity index (χ0) is 19.8. The molecule has 0 aromatic carbocycles. The standard InChI is InChI=1S/C19H39N5O2/c1-16(17(2)25)24(4)15-11-6-5-8-13-22-19(20)23-14-10-7-9-12-21-18(3)26/h16H,5-15H2,1-4H3,(H,21,26)(H3,20,22,23)/t16-/m1/s1. The lowest BCUT2D eigenvalue weighted by atomic mass is 10.1. The van der Waals surface area contributed by atoms with Gasteiger partial charge in [0.05, 0.1) is 6.04 Å². The molecule has 7 heteroatoms. The summed E-state index contributed by atoms with van der Waals surface area (Å²) in [6.45, 7) is 8.39. The topological polar surface area (TPSA) is 99.8 Å². The number of Topliss-reactive ketones (excluding diaryl/α,β-unsaturated/α-hetero) is 1. The minimum Gasteiger partial charge on any atom is -0.370 e. The molecule has 1 amide bonds. The minimum absolute atomic E-state index is 0.0121. The summed E-state index contributed by atoms with van der Waals surface area (Å²) < 4.78 is 0. The quantitative estimate of drug-likeness (QED) is 0.232. The van der Waals surface area contributed by atoms with Crippen molar-refractivity contribution in [3.8, 4) is 0 Å². The molecule has 0 radical (unpaired) electrons. The van der Waals surface area contributed by atoms with Crippen molar-refractivity contribution in [2.45, 2.75) is 71.8 Å². The van der Waals surface area contributed by atoms with E-state index in [9.17, 15) is 9.59 Å². The van der Waals surface area contributed by atoms with Crippen LogP contribution < -0.4 is 16.4 Å². The maximum absolute atomic E-state index is 11.3. The fourth-order valence-corrected chi connectivity index (χ4v) is 2.49. The van der Waals surface area contributed by atoms with Gasteiger partial charge in [0.1, 0.15) is 5.78 Å². The summed E-state index contributed by atoms with van der Waals surface area (Å²) in [7, 11) is 2.00. The number of unbranched alkanes of at least 4 members (excludes halogenated alkanes) is 5. The van der Waals surface area contributed by atoms with Crippen LogP contribution >= 0.6 is 0 Å². The van der Waals surface area contributed by atoms with Gasteiger partial charge in [-0.15, -0.1) is 0 Å². The molecule has 0 aromatic rings. The van der Waals surface area contributed by atoms with Crippen LogP contribution in [-0.4, -0.2) is 61.8 Å². The molecule has 0 rings (SSSR count). The average molecular weight is 370 g/mol. The first-order valence-electron chi connectivity index (χ1n) is 9.83. The number of guanidine groups is 1. The Labute approximate surface area is 159 Å². The second kappa shape index (κ2) is 15.6. The molecule has 0 aliphatic heterocycles. The van der Waals surface area contributed by atoms with Gasteiger partial charge in [0.15, 0.2) is 5.96 Å². The zero-order valence-corrected chi connectivity index (χ0v) is 17.1. The molecule has 0 bridgehead atoms. The lowest BCUT2D eigenvalue weighted by Gasteiger charge is -2.22. The van der Waals surface area contributed by atoms with Crippen LogP contribution in [0.1, 0.15) is 65.7 Å². The predicted octanol–water partition coefficient (Wildman–Crippen LogP) is 1.67. The first-order valence-corrected chi connectivity index (χ1v) is 9.83. The minimum atomic E-state index is 0.0121. The fourth-order valence-electron chi connectivity index (χ4n) is 2.49. The predicted molar refractivity (Wildman–Crippen MR) is 108 cm³/mol. The lowest BCUT2D eigenvalue weighted by molar-refractivity contribution is -0.121. The van der Waals surface area contributed by atoms with Crippen molar-refractivity contribution in [1.82, 2.24) is 15.5 Å². The van der Waals surface area contributed by atoms with Gasteiger partial charge in [0.2, 0.25) is 5.91 Å². The highest BCUT2D eigenvalue weighted by molar-refractivity contribution is 5.80. The van der Waals surface area contributed by atoms with Crippen LogP contribution in [-0.2, 0) is 9.59 Å². The van der Waals surface area contributed by atoms with Gasteiger partial charge in [-0.05, 0) is 59.5 Å².